The standard InChI is InChI=1S/C19H20N4O2S/c1-13-11-14(2)23(22-13)17-6-4-3-5-16(17)21-18(24)7-9-20-19(25)15-8-10-26-12-15/h3-6,8,10-12H,7,9H2,1-2H3,(H,20,25)(H,21,24). The van der Waals surface area contributed by atoms with Crippen LogP contribution in [0.4, 0.5) is 5.69 Å². The van der Waals surface area contributed by atoms with Crippen molar-refractivity contribution in [2.45, 2.75) is 20.3 Å². The van der Waals surface area contributed by atoms with Crippen molar-refractivity contribution in [3.63, 3.8) is 0 Å². The van der Waals surface area contributed by atoms with Crippen molar-refractivity contribution in [2.75, 3.05) is 11.9 Å². The molecular formula is C19H20N4O2S. The van der Waals surface area contributed by atoms with Crippen molar-refractivity contribution >= 4 is 28.8 Å². The molecule has 2 amide bonds. The number of para-hydroxylation sites is 2. The van der Waals surface area contributed by atoms with Crippen molar-refractivity contribution in [3.8, 4) is 5.69 Å². The van der Waals surface area contributed by atoms with Gasteiger partial charge in [-0.05, 0) is 43.5 Å². The van der Waals surface area contributed by atoms with Gasteiger partial charge in [-0.15, -0.1) is 0 Å². The Kier molecular flexibility index (Phi) is 5.48. The highest BCUT2D eigenvalue weighted by Crippen LogP contribution is 2.21. The number of carbonyl (C=O) groups is 2. The molecule has 26 heavy (non-hydrogen) atoms. The zero-order chi connectivity index (χ0) is 18.5. The van der Waals surface area contributed by atoms with Gasteiger partial charge in [-0.1, -0.05) is 12.1 Å². The summed E-state index contributed by atoms with van der Waals surface area (Å²) in [5.41, 5.74) is 4.03. The predicted octanol–water partition coefficient (Wildman–Crippen LogP) is 3.31. The average Bonchev–Trinajstić information content (AvgIpc) is 3.25. The number of hydrogen-bond acceptors (Lipinski definition) is 4. The van der Waals surface area contributed by atoms with E-state index in [2.05, 4.69) is 15.7 Å². The number of aryl methyl sites for hydroxylation is 2. The Hall–Kier alpha value is -2.93. The number of nitrogens with zero attached hydrogens (tertiary/aromatic N) is 2. The monoisotopic (exact) mass is 368 g/mol. The number of rotatable bonds is 6. The lowest BCUT2D eigenvalue weighted by Crippen LogP contribution is -2.27. The normalized spacial score (nSPS) is 10.5. The summed E-state index contributed by atoms with van der Waals surface area (Å²) in [4.78, 5) is 24.1. The van der Waals surface area contributed by atoms with Crippen LogP contribution in [0.1, 0.15) is 28.2 Å². The number of amides is 2. The van der Waals surface area contributed by atoms with Crippen LogP contribution in [0.25, 0.3) is 5.69 Å². The Balaban J connectivity index is 1.61. The Morgan fingerprint density at radius 2 is 2.00 bits per heavy atom. The fraction of sp³-hybridized carbons (Fsp3) is 0.211. The zero-order valence-corrected chi connectivity index (χ0v) is 15.5. The van der Waals surface area contributed by atoms with Crippen LogP contribution in [-0.4, -0.2) is 28.1 Å². The Bertz CT molecular complexity index is 916. The minimum Gasteiger partial charge on any atom is -0.351 e. The molecule has 6 nitrogen and oxygen atoms in total. The van der Waals surface area contributed by atoms with E-state index in [1.807, 2.05) is 54.2 Å². The second-order valence-electron chi connectivity index (χ2n) is 5.92. The molecule has 0 spiro atoms. The van der Waals surface area contributed by atoms with E-state index < -0.39 is 0 Å². The van der Waals surface area contributed by atoms with Gasteiger partial charge >= 0.3 is 0 Å². The summed E-state index contributed by atoms with van der Waals surface area (Å²) in [6.07, 6.45) is 0.196. The first-order valence-corrected chi connectivity index (χ1v) is 9.22. The molecule has 0 saturated carbocycles. The molecule has 3 aromatic rings. The second-order valence-corrected chi connectivity index (χ2v) is 6.70. The van der Waals surface area contributed by atoms with Gasteiger partial charge in [0.15, 0.2) is 0 Å². The number of thiophene rings is 1. The maximum atomic E-state index is 12.3. The van der Waals surface area contributed by atoms with Crippen LogP contribution in [0, 0.1) is 13.8 Å². The highest BCUT2D eigenvalue weighted by Gasteiger charge is 2.12. The van der Waals surface area contributed by atoms with Crippen molar-refractivity contribution < 1.29 is 9.59 Å². The maximum Gasteiger partial charge on any atom is 0.252 e. The molecule has 3 rings (SSSR count). The summed E-state index contributed by atoms with van der Waals surface area (Å²) < 4.78 is 1.81. The third-order valence-corrected chi connectivity index (χ3v) is 4.52. The lowest BCUT2D eigenvalue weighted by molar-refractivity contribution is -0.116. The predicted molar refractivity (Wildman–Crippen MR) is 103 cm³/mol. The van der Waals surface area contributed by atoms with Crippen LogP contribution >= 0.6 is 11.3 Å². The highest BCUT2D eigenvalue weighted by molar-refractivity contribution is 7.08. The molecule has 1 aromatic carbocycles. The summed E-state index contributed by atoms with van der Waals surface area (Å²) in [6, 6.07) is 11.3. The van der Waals surface area contributed by atoms with E-state index in [4.69, 9.17) is 0 Å². The number of carbonyl (C=O) groups excluding carboxylic acids is 2. The third kappa shape index (κ3) is 4.18. The Morgan fingerprint density at radius 1 is 1.19 bits per heavy atom. The zero-order valence-electron chi connectivity index (χ0n) is 14.7. The minimum atomic E-state index is -0.165. The smallest absolute Gasteiger partial charge is 0.252 e. The van der Waals surface area contributed by atoms with E-state index in [-0.39, 0.29) is 24.8 Å². The van der Waals surface area contributed by atoms with E-state index in [9.17, 15) is 9.59 Å². The van der Waals surface area contributed by atoms with Gasteiger partial charge in [0.25, 0.3) is 5.91 Å². The fourth-order valence-corrected chi connectivity index (χ4v) is 3.27. The molecular weight excluding hydrogens is 348 g/mol. The largest absolute Gasteiger partial charge is 0.351 e. The van der Waals surface area contributed by atoms with Gasteiger partial charge in [-0.2, -0.15) is 16.4 Å². The van der Waals surface area contributed by atoms with Gasteiger partial charge in [0.2, 0.25) is 5.91 Å². The molecule has 2 N–H and O–H groups in total. The highest BCUT2D eigenvalue weighted by atomic mass is 32.1. The van der Waals surface area contributed by atoms with Gasteiger partial charge in [-0.3, -0.25) is 9.59 Å². The van der Waals surface area contributed by atoms with Crippen LogP contribution in [0.2, 0.25) is 0 Å². The molecule has 0 bridgehead atoms. The van der Waals surface area contributed by atoms with Gasteiger partial charge in [0, 0.05) is 29.6 Å². The first-order valence-electron chi connectivity index (χ1n) is 8.27. The number of benzene rings is 1. The maximum absolute atomic E-state index is 12.3. The SMILES string of the molecule is Cc1cc(C)n(-c2ccccc2NC(=O)CCNC(=O)c2ccsc2)n1. The fourth-order valence-electron chi connectivity index (χ4n) is 2.63. The molecule has 2 aromatic heterocycles. The van der Waals surface area contributed by atoms with E-state index in [1.54, 1.807) is 11.4 Å². The summed E-state index contributed by atoms with van der Waals surface area (Å²) in [7, 11) is 0. The number of hydrogen-bond donors (Lipinski definition) is 2. The van der Waals surface area contributed by atoms with E-state index in [0.717, 1.165) is 17.1 Å². The summed E-state index contributed by atoms with van der Waals surface area (Å²) in [5.74, 6) is -0.327. The quantitative estimate of drug-likeness (QED) is 0.701. The number of anilines is 1. The molecule has 134 valence electrons. The van der Waals surface area contributed by atoms with Crippen molar-refractivity contribution in [3.05, 3.63) is 64.1 Å². The molecule has 7 heteroatoms. The third-order valence-electron chi connectivity index (χ3n) is 3.84. The number of nitrogens with one attached hydrogen (secondary N) is 2. The molecule has 0 fully saturated rings. The Labute approximate surface area is 155 Å². The lowest BCUT2D eigenvalue weighted by atomic mass is 10.2. The molecule has 0 saturated heterocycles. The molecule has 0 atom stereocenters. The minimum absolute atomic E-state index is 0.162. The molecule has 0 unspecified atom stereocenters. The van der Waals surface area contributed by atoms with Crippen molar-refractivity contribution in [1.82, 2.24) is 15.1 Å². The second kappa shape index (κ2) is 7.97. The van der Waals surface area contributed by atoms with Crippen LogP contribution in [0.5, 0.6) is 0 Å². The van der Waals surface area contributed by atoms with Gasteiger partial charge in [-0.25, -0.2) is 4.68 Å². The van der Waals surface area contributed by atoms with E-state index in [0.29, 0.717) is 11.3 Å². The van der Waals surface area contributed by atoms with Gasteiger partial charge in [0.1, 0.15) is 0 Å². The first kappa shape index (κ1) is 17.9. The van der Waals surface area contributed by atoms with Crippen molar-refractivity contribution in [1.29, 1.82) is 0 Å². The topological polar surface area (TPSA) is 76.0 Å². The first-order chi connectivity index (χ1) is 12.5. The average molecular weight is 368 g/mol. The molecule has 0 aliphatic carbocycles. The summed E-state index contributed by atoms with van der Waals surface area (Å²) in [6.45, 7) is 4.18. The Morgan fingerprint density at radius 3 is 2.69 bits per heavy atom. The van der Waals surface area contributed by atoms with Crippen molar-refractivity contribution in [2.24, 2.45) is 0 Å². The lowest BCUT2D eigenvalue weighted by Gasteiger charge is -2.12. The number of aromatic nitrogens is 2. The summed E-state index contributed by atoms with van der Waals surface area (Å²) in [5, 5.41) is 13.7. The van der Waals surface area contributed by atoms with E-state index >= 15 is 0 Å². The molecule has 0 aliphatic heterocycles. The molecule has 0 aliphatic rings. The van der Waals surface area contributed by atoms with Gasteiger partial charge in [0.05, 0.1) is 17.1 Å². The van der Waals surface area contributed by atoms with Gasteiger partial charge < -0.3 is 10.6 Å². The van der Waals surface area contributed by atoms with Crippen LogP contribution < -0.4 is 10.6 Å². The molecule has 0 radical (unpaired) electrons. The van der Waals surface area contributed by atoms with Crippen LogP contribution in [0.3, 0.4) is 0 Å². The van der Waals surface area contributed by atoms with Crippen LogP contribution in [-0.2, 0) is 4.79 Å². The van der Waals surface area contributed by atoms with E-state index in [1.165, 1.54) is 11.3 Å². The van der Waals surface area contributed by atoms with Crippen LogP contribution in [0.15, 0.2) is 47.2 Å². The summed E-state index contributed by atoms with van der Waals surface area (Å²) >= 11 is 1.46. The molecule has 2 heterocycles.